The molecule has 0 spiro atoms. The quantitative estimate of drug-likeness (QED) is 0.701. The molecule has 0 bridgehead atoms. The highest BCUT2D eigenvalue weighted by Crippen LogP contribution is 2.28. The van der Waals surface area contributed by atoms with Crippen LogP contribution >= 0.6 is 0 Å². The Morgan fingerprint density at radius 1 is 1.07 bits per heavy atom. The largest absolute Gasteiger partial charge is 0.339 e. The van der Waals surface area contributed by atoms with Crippen molar-refractivity contribution in [3.05, 3.63) is 89.5 Å². The van der Waals surface area contributed by atoms with E-state index in [1.54, 1.807) is 24.3 Å². The number of nitrogens with zero attached hydrogens (tertiary/aromatic N) is 4. The summed E-state index contributed by atoms with van der Waals surface area (Å²) in [6.45, 7) is 2.17. The van der Waals surface area contributed by atoms with Gasteiger partial charge < -0.3 is 9.47 Å². The number of piperidine rings is 1. The molecule has 1 aliphatic rings. The number of amides is 1. The number of carbonyl (C=O) groups excluding carboxylic acids is 1. The molecule has 1 amide bonds. The van der Waals surface area contributed by atoms with Crippen molar-refractivity contribution < 1.29 is 4.79 Å². The zero-order chi connectivity index (χ0) is 19.3. The van der Waals surface area contributed by atoms with Crippen molar-refractivity contribution in [3.63, 3.8) is 0 Å². The van der Waals surface area contributed by atoms with Crippen molar-refractivity contribution in [2.45, 2.75) is 25.3 Å². The molecule has 28 heavy (non-hydrogen) atoms. The van der Waals surface area contributed by atoms with Crippen LogP contribution in [0.5, 0.6) is 0 Å². The van der Waals surface area contributed by atoms with Gasteiger partial charge in [0, 0.05) is 37.9 Å². The molecule has 0 unspecified atom stereocenters. The minimum Gasteiger partial charge on any atom is -0.339 e. The van der Waals surface area contributed by atoms with E-state index in [2.05, 4.69) is 39.9 Å². The molecule has 5 nitrogen and oxygen atoms in total. The molecule has 5 heteroatoms. The number of likely N-dealkylation sites (tertiary alicyclic amines) is 1. The van der Waals surface area contributed by atoms with Gasteiger partial charge in [-0.15, -0.1) is 0 Å². The van der Waals surface area contributed by atoms with E-state index >= 15 is 0 Å². The lowest BCUT2D eigenvalue weighted by Gasteiger charge is -2.32. The van der Waals surface area contributed by atoms with Crippen LogP contribution in [0.4, 0.5) is 0 Å². The van der Waals surface area contributed by atoms with Crippen LogP contribution in [-0.2, 0) is 6.54 Å². The van der Waals surface area contributed by atoms with Crippen molar-refractivity contribution in [1.29, 1.82) is 5.26 Å². The van der Waals surface area contributed by atoms with Gasteiger partial charge in [0.15, 0.2) is 0 Å². The summed E-state index contributed by atoms with van der Waals surface area (Å²) >= 11 is 0. The highest BCUT2D eigenvalue weighted by Gasteiger charge is 2.27. The Kier molecular flexibility index (Phi) is 5.20. The van der Waals surface area contributed by atoms with Crippen LogP contribution in [0.1, 0.15) is 46.1 Å². The third-order valence-corrected chi connectivity index (χ3v) is 5.37. The lowest BCUT2D eigenvalue weighted by atomic mass is 9.95. The van der Waals surface area contributed by atoms with E-state index < -0.39 is 0 Å². The van der Waals surface area contributed by atoms with E-state index in [1.165, 1.54) is 5.56 Å². The van der Waals surface area contributed by atoms with Crippen LogP contribution in [0.3, 0.4) is 0 Å². The summed E-state index contributed by atoms with van der Waals surface area (Å²) in [5.74, 6) is 1.38. The Balaban J connectivity index is 1.43. The first-order valence-electron chi connectivity index (χ1n) is 9.59. The van der Waals surface area contributed by atoms with Crippen LogP contribution < -0.4 is 0 Å². The lowest BCUT2D eigenvalue weighted by molar-refractivity contribution is 0.0710. The molecule has 0 saturated carbocycles. The smallest absolute Gasteiger partial charge is 0.255 e. The minimum atomic E-state index is -0.0526. The molecule has 2 heterocycles. The predicted molar refractivity (Wildman–Crippen MR) is 107 cm³/mol. The van der Waals surface area contributed by atoms with Gasteiger partial charge >= 0.3 is 0 Å². The molecule has 0 aliphatic carbocycles. The second-order valence-electron chi connectivity index (χ2n) is 7.12. The fourth-order valence-corrected chi connectivity index (χ4v) is 3.87. The van der Waals surface area contributed by atoms with Crippen molar-refractivity contribution in [2.24, 2.45) is 0 Å². The van der Waals surface area contributed by atoms with Crippen LogP contribution in [0.2, 0.25) is 0 Å². The topological polar surface area (TPSA) is 61.9 Å². The molecular weight excluding hydrogens is 348 g/mol. The zero-order valence-electron chi connectivity index (χ0n) is 15.7. The highest BCUT2D eigenvalue weighted by molar-refractivity contribution is 5.96. The second-order valence-corrected chi connectivity index (χ2v) is 7.12. The number of carbonyl (C=O) groups is 1. The number of rotatable bonds is 4. The summed E-state index contributed by atoms with van der Waals surface area (Å²) in [5, 5.41) is 9.25. The van der Waals surface area contributed by atoms with Crippen molar-refractivity contribution in [1.82, 2.24) is 14.5 Å². The third kappa shape index (κ3) is 3.67. The van der Waals surface area contributed by atoms with Crippen molar-refractivity contribution >= 4 is 5.91 Å². The molecule has 0 N–H and O–H groups in total. The van der Waals surface area contributed by atoms with Crippen LogP contribution in [0.15, 0.2) is 67.0 Å². The van der Waals surface area contributed by atoms with Gasteiger partial charge in [0.2, 0.25) is 0 Å². The first kappa shape index (κ1) is 18.0. The van der Waals surface area contributed by atoms with E-state index in [1.807, 2.05) is 23.4 Å². The molecule has 4 rings (SSSR count). The lowest BCUT2D eigenvalue weighted by Crippen LogP contribution is -2.38. The Morgan fingerprint density at radius 2 is 1.79 bits per heavy atom. The summed E-state index contributed by atoms with van der Waals surface area (Å²) in [4.78, 5) is 19.3. The Hall–Kier alpha value is -3.39. The average Bonchev–Trinajstić information content (AvgIpc) is 3.22. The maximum absolute atomic E-state index is 12.8. The van der Waals surface area contributed by atoms with Crippen molar-refractivity contribution in [3.8, 4) is 6.07 Å². The van der Waals surface area contributed by atoms with Gasteiger partial charge in [-0.1, -0.05) is 42.5 Å². The molecule has 1 aliphatic heterocycles. The fraction of sp³-hybridized carbons (Fsp3) is 0.261. The standard InChI is InChI=1S/C23H22N4O/c24-16-20-8-4-5-9-21(20)23(28)26-13-10-19(11-14-26)22-25-12-15-27(22)17-18-6-2-1-3-7-18/h1-9,12,15,19H,10-11,13-14,17H2. The summed E-state index contributed by atoms with van der Waals surface area (Å²) in [7, 11) is 0. The summed E-state index contributed by atoms with van der Waals surface area (Å²) in [5.41, 5.74) is 2.18. The van der Waals surface area contributed by atoms with Gasteiger partial charge in [-0.2, -0.15) is 5.26 Å². The van der Waals surface area contributed by atoms with Crippen LogP contribution in [-0.4, -0.2) is 33.4 Å². The van der Waals surface area contributed by atoms with Gasteiger partial charge in [-0.3, -0.25) is 4.79 Å². The van der Waals surface area contributed by atoms with E-state index in [9.17, 15) is 10.1 Å². The normalized spacial score (nSPS) is 14.6. The number of imidazole rings is 1. The third-order valence-electron chi connectivity index (χ3n) is 5.37. The zero-order valence-corrected chi connectivity index (χ0v) is 15.7. The van der Waals surface area contributed by atoms with Gasteiger partial charge in [0.05, 0.1) is 17.2 Å². The minimum absolute atomic E-state index is 0.0526. The van der Waals surface area contributed by atoms with E-state index in [4.69, 9.17) is 0 Å². The Labute approximate surface area is 164 Å². The molecule has 1 aromatic heterocycles. The molecular formula is C23H22N4O. The summed E-state index contributed by atoms with van der Waals surface area (Å²) in [6, 6.07) is 19.5. The number of nitriles is 1. The summed E-state index contributed by atoms with van der Waals surface area (Å²) < 4.78 is 2.21. The van der Waals surface area contributed by atoms with Crippen LogP contribution in [0, 0.1) is 11.3 Å². The van der Waals surface area contributed by atoms with E-state index in [-0.39, 0.29) is 5.91 Å². The molecule has 3 aromatic rings. The Bertz CT molecular complexity index is 995. The van der Waals surface area contributed by atoms with Gasteiger partial charge in [0.1, 0.15) is 5.82 Å². The van der Waals surface area contributed by atoms with Crippen LogP contribution in [0.25, 0.3) is 0 Å². The van der Waals surface area contributed by atoms with E-state index in [0.29, 0.717) is 30.1 Å². The van der Waals surface area contributed by atoms with Gasteiger partial charge in [-0.05, 0) is 30.5 Å². The van der Waals surface area contributed by atoms with E-state index in [0.717, 1.165) is 25.2 Å². The Morgan fingerprint density at radius 3 is 2.54 bits per heavy atom. The molecule has 1 saturated heterocycles. The highest BCUT2D eigenvalue weighted by atomic mass is 16.2. The fourth-order valence-electron chi connectivity index (χ4n) is 3.87. The van der Waals surface area contributed by atoms with Crippen molar-refractivity contribution in [2.75, 3.05) is 13.1 Å². The molecule has 0 radical (unpaired) electrons. The number of aromatic nitrogens is 2. The first-order chi connectivity index (χ1) is 13.8. The monoisotopic (exact) mass is 370 g/mol. The second kappa shape index (κ2) is 8.10. The summed E-state index contributed by atoms with van der Waals surface area (Å²) in [6.07, 6.45) is 5.65. The molecule has 0 atom stereocenters. The number of benzene rings is 2. The predicted octanol–water partition coefficient (Wildman–Crippen LogP) is 3.82. The molecule has 140 valence electrons. The maximum Gasteiger partial charge on any atom is 0.255 e. The maximum atomic E-state index is 12.8. The van der Waals surface area contributed by atoms with Gasteiger partial charge in [-0.25, -0.2) is 4.98 Å². The average molecular weight is 370 g/mol. The van der Waals surface area contributed by atoms with Gasteiger partial charge in [0.25, 0.3) is 5.91 Å². The first-order valence-corrected chi connectivity index (χ1v) is 9.59. The number of hydrogen-bond donors (Lipinski definition) is 0. The SMILES string of the molecule is N#Cc1ccccc1C(=O)N1CCC(c2nccn2Cc2ccccc2)CC1. The molecule has 2 aromatic carbocycles. The number of hydrogen-bond acceptors (Lipinski definition) is 3. The molecule has 1 fully saturated rings.